The highest BCUT2D eigenvalue weighted by Gasteiger charge is 2.32. The third-order valence-electron chi connectivity index (χ3n) is 2.54. The first kappa shape index (κ1) is 8.72. The van der Waals surface area contributed by atoms with Gasteiger partial charge < -0.3 is 15.2 Å². The highest BCUT2D eigenvalue weighted by molar-refractivity contribution is 5.98. The van der Waals surface area contributed by atoms with Gasteiger partial charge in [-0.3, -0.25) is 10.3 Å². The third kappa shape index (κ3) is 1.46. The van der Waals surface area contributed by atoms with Crippen LogP contribution in [0.2, 0.25) is 0 Å². The zero-order valence-electron chi connectivity index (χ0n) is 8.32. The molecule has 0 aromatic carbocycles. The monoisotopic (exact) mass is 205 g/mol. The molecule has 3 heterocycles. The number of nitrogens with one attached hydrogen (secondary N) is 3. The molecule has 1 radical (unpaired) electrons. The zero-order chi connectivity index (χ0) is 10.1. The normalized spacial score (nSPS) is 21.9. The number of amidine groups is 1. The van der Waals surface area contributed by atoms with E-state index in [1.807, 2.05) is 6.20 Å². The molecule has 0 bridgehead atoms. The number of aliphatic imine (C=N–C) groups is 1. The molecule has 3 rings (SSSR count). The lowest BCUT2D eigenvalue weighted by molar-refractivity contribution is 0.864. The predicted molar refractivity (Wildman–Crippen MR) is 57.5 cm³/mol. The third-order valence-corrected chi connectivity index (χ3v) is 2.54. The van der Waals surface area contributed by atoms with Gasteiger partial charge in [0, 0.05) is 32.0 Å². The van der Waals surface area contributed by atoms with E-state index in [0.29, 0.717) is 0 Å². The Labute approximate surface area is 87.8 Å². The summed E-state index contributed by atoms with van der Waals surface area (Å²) in [5, 5.41) is 6.58. The van der Waals surface area contributed by atoms with Crippen molar-refractivity contribution in [2.75, 3.05) is 31.1 Å². The fourth-order valence-electron chi connectivity index (χ4n) is 1.88. The van der Waals surface area contributed by atoms with Crippen LogP contribution >= 0.6 is 0 Å². The average Bonchev–Trinajstić information content (AvgIpc) is 3.01. The minimum absolute atomic E-state index is 0.854. The van der Waals surface area contributed by atoms with E-state index in [9.17, 15) is 0 Å². The van der Waals surface area contributed by atoms with Crippen molar-refractivity contribution in [2.24, 2.45) is 4.99 Å². The zero-order valence-corrected chi connectivity index (χ0v) is 8.32. The molecule has 1 aromatic rings. The Kier molecular flexibility index (Phi) is 2.06. The Morgan fingerprint density at radius 2 is 2.27 bits per heavy atom. The van der Waals surface area contributed by atoms with E-state index in [4.69, 9.17) is 0 Å². The van der Waals surface area contributed by atoms with E-state index in [0.717, 1.165) is 44.1 Å². The van der Waals surface area contributed by atoms with Crippen LogP contribution < -0.4 is 15.5 Å². The number of hydrogen-bond donors (Lipinski definition) is 3. The molecule has 79 valence electrons. The standard InChI is InChI=1S/C9H13N6/c1-2-11-7(10-1)8-12-5-6-15(8)9-13-3-4-14-9/h3-4,12H,1-2,5-6H2,(H,10,11)(H,13,14). The number of rotatable bonds is 2. The topological polar surface area (TPSA) is 68.3 Å². The number of aromatic nitrogens is 2. The van der Waals surface area contributed by atoms with Crippen molar-refractivity contribution in [2.45, 2.75) is 0 Å². The minimum atomic E-state index is 0.854. The second-order valence-corrected chi connectivity index (χ2v) is 3.50. The van der Waals surface area contributed by atoms with Crippen molar-refractivity contribution in [3.8, 4) is 0 Å². The van der Waals surface area contributed by atoms with E-state index < -0.39 is 0 Å². The summed E-state index contributed by atoms with van der Waals surface area (Å²) >= 11 is 0. The highest BCUT2D eigenvalue weighted by Crippen LogP contribution is 2.19. The minimum Gasteiger partial charge on any atom is -0.369 e. The summed E-state index contributed by atoms with van der Waals surface area (Å²) in [5.74, 6) is 1.82. The molecule has 0 saturated carbocycles. The van der Waals surface area contributed by atoms with Gasteiger partial charge in [-0.2, -0.15) is 0 Å². The molecule has 0 amide bonds. The summed E-state index contributed by atoms with van der Waals surface area (Å²) in [5.41, 5.74) is 0. The molecule has 15 heavy (non-hydrogen) atoms. The molecule has 3 N–H and O–H groups in total. The molecule has 0 unspecified atom stereocenters. The second kappa shape index (κ2) is 3.54. The van der Waals surface area contributed by atoms with Crippen LogP contribution in [0.15, 0.2) is 17.4 Å². The highest BCUT2D eigenvalue weighted by atomic mass is 15.4. The van der Waals surface area contributed by atoms with Gasteiger partial charge in [0.2, 0.25) is 5.95 Å². The van der Waals surface area contributed by atoms with Crippen LogP contribution in [0, 0.1) is 6.17 Å². The maximum atomic E-state index is 4.40. The molecule has 6 nitrogen and oxygen atoms in total. The van der Waals surface area contributed by atoms with Crippen LogP contribution in [-0.2, 0) is 0 Å². The summed E-state index contributed by atoms with van der Waals surface area (Å²) in [6.45, 7) is 3.62. The molecule has 1 saturated heterocycles. The second-order valence-electron chi connectivity index (χ2n) is 3.50. The number of anilines is 1. The number of hydrogen-bond acceptors (Lipinski definition) is 5. The molecule has 0 atom stereocenters. The van der Waals surface area contributed by atoms with Gasteiger partial charge in [0.25, 0.3) is 0 Å². The maximum absolute atomic E-state index is 4.40. The molecular weight excluding hydrogens is 192 g/mol. The molecule has 2 aliphatic rings. The lowest BCUT2D eigenvalue weighted by atomic mass is 10.4. The van der Waals surface area contributed by atoms with Crippen LogP contribution in [-0.4, -0.2) is 42.0 Å². The van der Waals surface area contributed by atoms with Crippen molar-refractivity contribution in [3.05, 3.63) is 18.6 Å². The first-order chi connectivity index (χ1) is 7.45. The molecule has 6 heteroatoms. The number of imidazole rings is 1. The van der Waals surface area contributed by atoms with E-state index in [-0.39, 0.29) is 0 Å². The summed E-state index contributed by atoms with van der Waals surface area (Å²) in [4.78, 5) is 13.9. The number of H-pyrrole nitrogens is 1. The summed E-state index contributed by atoms with van der Waals surface area (Å²) in [6.07, 6.45) is 4.62. The Hall–Kier alpha value is -1.56. The smallest absolute Gasteiger partial charge is 0.204 e. The van der Waals surface area contributed by atoms with Gasteiger partial charge in [0.05, 0.1) is 6.54 Å². The molecular formula is C9H13N6. The SMILES string of the molecule is c1c[nH]c(N2CCN[C]2C2=NCCN2)n1. The molecule has 0 spiro atoms. The van der Waals surface area contributed by atoms with Crippen LogP contribution in [0.25, 0.3) is 0 Å². The largest absolute Gasteiger partial charge is 0.369 e. The van der Waals surface area contributed by atoms with Crippen molar-refractivity contribution in [1.82, 2.24) is 20.6 Å². The lowest BCUT2D eigenvalue weighted by Gasteiger charge is -2.21. The lowest BCUT2D eigenvalue weighted by Crippen LogP contribution is -2.40. The summed E-state index contributed by atoms with van der Waals surface area (Å²) in [7, 11) is 0. The van der Waals surface area contributed by atoms with Crippen LogP contribution in [0.4, 0.5) is 5.95 Å². The molecule has 0 aliphatic carbocycles. The fraction of sp³-hybridized carbons (Fsp3) is 0.444. The molecule has 2 aliphatic heterocycles. The van der Waals surface area contributed by atoms with Crippen molar-refractivity contribution in [3.63, 3.8) is 0 Å². The quantitative estimate of drug-likeness (QED) is 0.598. The van der Waals surface area contributed by atoms with Gasteiger partial charge in [0.1, 0.15) is 5.84 Å². The maximum Gasteiger partial charge on any atom is 0.204 e. The number of nitrogens with zero attached hydrogens (tertiary/aromatic N) is 3. The Bertz CT molecular complexity index is 357. The van der Waals surface area contributed by atoms with Gasteiger partial charge in [-0.1, -0.05) is 0 Å². The van der Waals surface area contributed by atoms with Crippen LogP contribution in [0.1, 0.15) is 0 Å². The van der Waals surface area contributed by atoms with Crippen molar-refractivity contribution < 1.29 is 0 Å². The summed E-state index contributed by atoms with van der Waals surface area (Å²) in [6, 6.07) is 0. The van der Waals surface area contributed by atoms with E-state index in [1.54, 1.807) is 6.20 Å². The number of aromatic amines is 1. The van der Waals surface area contributed by atoms with Crippen LogP contribution in [0.3, 0.4) is 0 Å². The van der Waals surface area contributed by atoms with Gasteiger partial charge in [-0.25, -0.2) is 4.98 Å². The van der Waals surface area contributed by atoms with Gasteiger partial charge in [-0.05, 0) is 0 Å². The first-order valence-corrected chi connectivity index (χ1v) is 5.11. The Balaban J connectivity index is 1.83. The van der Waals surface area contributed by atoms with Crippen LogP contribution in [0.5, 0.6) is 0 Å². The average molecular weight is 205 g/mol. The molecule has 1 aromatic heterocycles. The molecule has 1 fully saturated rings. The van der Waals surface area contributed by atoms with E-state index in [2.05, 4.69) is 30.5 Å². The van der Waals surface area contributed by atoms with Crippen molar-refractivity contribution >= 4 is 11.8 Å². The van der Waals surface area contributed by atoms with E-state index in [1.165, 1.54) is 0 Å². The van der Waals surface area contributed by atoms with Gasteiger partial charge in [0.15, 0.2) is 6.17 Å². The van der Waals surface area contributed by atoms with Gasteiger partial charge >= 0.3 is 0 Å². The fourth-order valence-corrected chi connectivity index (χ4v) is 1.88. The van der Waals surface area contributed by atoms with Gasteiger partial charge in [-0.15, -0.1) is 0 Å². The van der Waals surface area contributed by atoms with E-state index >= 15 is 0 Å². The Morgan fingerprint density at radius 3 is 3.00 bits per heavy atom. The summed E-state index contributed by atoms with van der Waals surface area (Å²) < 4.78 is 0. The predicted octanol–water partition coefficient (Wildman–Crippen LogP) is -0.690. The first-order valence-electron chi connectivity index (χ1n) is 5.11. The Morgan fingerprint density at radius 1 is 1.27 bits per heavy atom. The van der Waals surface area contributed by atoms with Crippen molar-refractivity contribution in [1.29, 1.82) is 0 Å².